The summed E-state index contributed by atoms with van der Waals surface area (Å²) in [4.78, 5) is 15.1. The fourth-order valence-corrected chi connectivity index (χ4v) is 5.31. The number of carbonyl (C=O) groups excluding carboxylic acids is 1. The van der Waals surface area contributed by atoms with Crippen molar-refractivity contribution >= 4 is 22.9 Å². The summed E-state index contributed by atoms with van der Waals surface area (Å²) in [6, 6.07) is 14.8. The van der Waals surface area contributed by atoms with E-state index < -0.39 is 0 Å². The summed E-state index contributed by atoms with van der Waals surface area (Å²) in [6.45, 7) is 9.76. The minimum absolute atomic E-state index is 0.156. The molecule has 1 aromatic heterocycles. The molecule has 0 aliphatic carbocycles. The Morgan fingerprint density at radius 1 is 1.03 bits per heavy atom. The molecule has 2 aromatic carbocycles. The van der Waals surface area contributed by atoms with E-state index in [0.29, 0.717) is 6.42 Å². The molecular weight excluding hydrogens is 470 g/mol. The second-order valence-electron chi connectivity index (χ2n) is 10.4. The zero-order chi connectivity index (χ0) is 26.6. The number of allylic oxidation sites excluding steroid dienone is 3. The van der Waals surface area contributed by atoms with Crippen LogP contribution in [0.5, 0.6) is 0 Å². The second-order valence-corrected chi connectivity index (χ2v) is 10.4. The number of benzene rings is 2. The Morgan fingerprint density at radius 2 is 1.89 bits per heavy atom. The standard InChI is InChI=1S/C33H37N3O2/c1-23-13-14-27(20-24(23)2)31-11-7-4-6-10-29-22-30(34-36(29)31)25(3)35-18-17-26-15-16-28(21-32(26)35)33(38)12-8-5-9-19-37/h4,7,11,13-16,20-22,37H,3,5-6,8-10,12,17-19H2,1-2H3/b7-4-,31-11-. The maximum atomic E-state index is 12.8. The Labute approximate surface area is 225 Å². The molecule has 0 unspecified atom stereocenters. The molecule has 0 saturated heterocycles. The number of nitrogens with zero attached hydrogens (tertiary/aromatic N) is 3. The molecule has 1 N–H and O–H groups in total. The first kappa shape index (κ1) is 25.9. The molecule has 38 heavy (non-hydrogen) atoms. The van der Waals surface area contributed by atoms with Crippen molar-refractivity contribution in [3.63, 3.8) is 0 Å². The van der Waals surface area contributed by atoms with Crippen molar-refractivity contribution in [1.82, 2.24) is 9.78 Å². The monoisotopic (exact) mass is 507 g/mol. The van der Waals surface area contributed by atoms with Gasteiger partial charge in [-0.25, -0.2) is 4.68 Å². The lowest BCUT2D eigenvalue weighted by molar-refractivity contribution is 0.0978. The average molecular weight is 508 g/mol. The highest BCUT2D eigenvalue weighted by Crippen LogP contribution is 2.36. The molecule has 0 bridgehead atoms. The smallest absolute Gasteiger partial charge is 0.162 e. The van der Waals surface area contributed by atoms with E-state index in [1.165, 1.54) is 22.4 Å². The first-order chi connectivity index (χ1) is 18.5. The maximum Gasteiger partial charge on any atom is 0.162 e. The highest BCUT2D eigenvalue weighted by Gasteiger charge is 2.26. The molecule has 2 aliphatic rings. The third-order valence-electron chi connectivity index (χ3n) is 7.76. The SMILES string of the molecule is C=C(c1cc2n(n1)/C(c1ccc(C)c(C)c1)=C\C=C/CC2)N1CCc2ccc(C(=O)CCCCCO)cc21. The van der Waals surface area contributed by atoms with E-state index in [2.05, 4.69) is 78.6 Å². The van der Waals surface area contributed by atoms with Gasteiger partial charge in [0.15, 0.2) is 5.78 Å². The van der Waals surface area contributed by atoms with Crippen LogP contribution in [0.25, 0.3) is 11.4 Å². The summed E-state index contributed by atoms with van der Waals surface area (Å²) in [6.07, 6.45) is 12.2. The van der Waals surface area contributed by atoms with Crippen LogP contribution in [0.15, 0.2) is 67.3 Å². The van der Waals surface area contributed by atoms with E-state index in [0.717, 1.165) is 79.0 Å². The number of carbonyl (C=O) groups is 1. The van der Waals surface area contributed by atoms with Crippen molar-refractivity contribution in [2.24, 2.45) is 0 Å². The third kappa shape index (κ3) is 5.30. The molecule has 196 valence electrons. The number of hydrogen-bond donors (Lipinski definition) is 1. The number of Topliss-reactive ketones (excluding diaryl/α,β-unsaturated/α-hetero) is 1. The van der Waals surface area contributed by atoms with E-state index >= 15 is 0 Å². The molecule has 0 fully saturated rings. The zero-order valence-electron chi connectivity index (χ0n) is 22.5. The van der Waals surface area contributed by atoms with Crippen LogP contribution in [0.1, 0.15) is 76.1 Å². The number of ketones is 1. The molecule has 2 aliphatic heterocycles. The quantitative estimate of drug-likeness (QED) is 0.260. The topological polar surface area (TPSA) is 58.4 Å². The van der Waals surface area contributed by atoms with Gasteiger partial charge in [0.2, 0.25) is 0 Å². The number of anilines is 1. The van der Waals surface area contributed by atoms with Gasteiger partial charge in [-0.2, -0.15) is 5.10 Å². The summed E-state index contributed by atoms with van der Waals surface area (Å²) in [7, 11) is 0. The zero-order valence-corrected chi connectivity index (χ0v) is 22.5. The summed E-state index contributed by atoms with van der Waals surface area (Å²) < 4.78 is 2.08. The second kappa shape index (κ2) is 11.4. The van der Waals surface area contributed by atoms with Crippen molar-refractivity contribution in [2.45, 2.75) is 58.8 Å². The first-order valence-electron chi connectivity index (χ1n) is 13.7. The summed E-state index contributed by atoms with van der Waals surface area (Å²) in [5, 5.41) is 14.1. The number of aliphatic hydroxyl groups is 1. The molecular formula is C33H37N3O2. The van der Waals surface area contributed by atoms with Crippen LogP contribution in [0.2, 0.25) is 0 Å². The van der Waals surface area contributed by atoms with Gasteiger partial charge in [0.25, 0.3) is 0 Å². The number of fused-ring (bicyclic) bond motifs is 2. The Balaban J connectivity index is 1.42. The molecule has 0 radical (unpaired) electrons. The van der Waals surface area contributed by atoms with Crippen LogP contribution in [-0.2, 0) is 12.8 Å². The van der Waals surface area contributed by atoms with Gasteiger partial charge in [0, 0.05) is 42.1 Å². The number of aliphatic hydroxyl groups excluding tert-OH is 1. The van der Waals surface area contributed by atoms with Gasteiger partial charge < -0.3 is 10.0 Å². The summed E-state index contributed by atoms with van der Waals surface area (Å²) in [5.41, 5.74) is 10.7. The highest BCUT2D eigenvalue weighted by atomic mass is 16.2. The Hall–Kier alpha value is -3.70. The number of rotatable bonds is 9. The van der Waals surface area contributed by atoms with Crippen LogP contribution < -0.4 is 4.90 Å². The van der Waals surface area contributed by atoms with Gasteiger partial charge in [0.05, 0.1) is 11.4 Å². The third-order valence-corrected chi connectivity index (χ3v) is 7.76. The Kier molecular flexibility index (Phi) is 7.75. The van der Waals surface area contributed by atoms with Crippen LogP contribution >= 0.6 is 0 Å². The van der Waals surface area contributed by atoms with Gasteiger partial charge in [-0.05, 0) is 86.9 Å². The van der Waals surface area contributed by atoms with Gasteiger partial charge in [-0.15, -0.1) is 0 Å². The molecule has 0 amide bonds. The van der Waals surface area contributed by atoms with Crippen molar-refractivity contribution < 1.29 is 9.90 Å². The van der Waals surface area contributed by atoms with Crippen molar-refractivity contribution in [2.75, 3.05) is 18.1 Å². The van der Waals surface area contributed by atoms with Crippen molar-refractivity contribution in [3.8, 4) is 0 Å². The van der Waals surface area contributed by atoms with E-state index in [1.807, 2.05) is 12.1 Å². The van der Waals surface area contributed by atoms with E-state index in [9.17, 15) is 4.79 Å². The molecule has 0 atom stereocenters. The highest BCUT2D eigenvalue weighted by molar-refractivity contribution is 5.98. The fourth-order valence-electron chi connectivity index (χ4n) is 5.31. The summed E-state index contributed by atoms with van der Waals surface area (Å²) >= 11 is 0. The first-order valence-corrected chi connectivity index (χ1v) is 13.7. The van der Waals surface area contributed by atoms with Crippen LogP contribution in [-0.4, -0.2) is 33.8 Å². The Bertz CT molecular complexity index is 1430. The van der Waals surface area contributed by atoms with Gasteiger partial charge in [-0.1, -0.05) is 49.4 Å². The van der Waals surface area contributed by atoms with Gasteiger partial charge in [-0.3, -0.25) is 4.79 Å². The van der Waals surface area contributed by atoms with E-state index in [4.69, 9.17) is 10.2 Å². The normalized spacial score (nSPS) is 16.7. The average Bonchev–Trinajstić information content (AvgIpc) is 3.52. The number of unbranched alkanes of at least 4 members (excludes halogenated alkanes) is 2. The Morgan fingerprint density at radius 3 is 2.71 bits per heavy atom. The van der Waals surface area contributed by atoms with Gasteiger partial charge >= 0.3 is 0 Å². The lowest BCUT2D eigenvalue weighted by atomic mass is 10.0. The predicted molar refractivity (Wildman–Crippen MR) is 155 cm³/mol. The molecule has 5 rings (SSSR count). The minimum atomic E-state index is 0.156. The van der Waals surface area contributed by atoms with Gasteiger partial charge in [0.1, 0.15) is 5.69 Å². The predicted octanol–water partition coefficient (Wildman–Crippen LogP) is 6.66. The lowest BCUT2D eigenvalue weighted by Crippen LogP contribution is -2.18. The molecule has 5 heteroatoms. The van der Waals surface area contributed by atoms with E-state index in [1.54, 1.807) is 0 Å². The number of aromatic nitrogens is 2. The van der Waals surface area contributed by atoms with Crippen molar-refractivity contribution in [3.05, 3.63) is 106 Å². The van der Waals surface area contributed by atoms with Crippen LogP contribution in [0.3, 0.4) is 0 Å². The van der Waals surface area contributed by atoms with Crippen molar-refractivity contribution in [1.29, 1.82) is 0 Å². The number of aryl methyl sites for hydroxylation is 3. The minimum Gasteiger partial charge on any atom is -0.396 e. The number of hydrogen-bond acceptors (Lipinski definition) is 4. The lowest BCUT2D eigenvalue weighted by Gasteiger charge is -2.21. The van der Waals surface area contributed by atoms with Crippen LogP contribution in [0, 0.1) is 13.8 Å². The molecule has 3 heterocycles. The summed E-state index contributed by atoms with van der Waals surface area (Å²) in [5.74, 6) is 0.156. The fraction of sp³-hybridized carbons (Fsp3) is 0.333. The molecule has 5 nitrogen and oxygen atoms in total. The van der Waals surface area contributed by atoms with E-state index in [-0.39, 0.29) is 12.4 Å². The molecule has 0 saturated carbocycles. The maximum absolute atomic E-state index is 12.8. The van der Waals surface area contributed by atoms with Crippen LogP contribution in [0.4, 0.5) is 5.69 Å². The molecule has 3 aromatic rings. The molecule has 0 spiro atoms. The largest absolute Gasteiger partial charge is 0.396 e.